The Hall–Kier alpha value is -2.70. The maximum absolute atomic E-state index is 11.9. The number of unbranched alkanes of at least 4 members (excludes halogenated alkanes) is 2. The molecular weight excluding hydrogens is 318 g/mol. The summed E-state index contributed by atoms with van der Waals surface area (Å²) in [6.07, 6.45) is 3.30. The molecule has 0 bridgehead atoms. The SMILES string of the molecule is CCCCNc1nc(NC(=O)OCCCC)nc(-c2ccccc2)n1. The van der Waals surface area contributed by atoms with E-state index >= 15 is 0 Å². The van der Waals surface area contributed by atoms with Gasteiger partial charge in [-0.3, -0.25) is 5.32 Å². The number of rotatable bonds is 9. The van der Waals surface area contributed by atoms with Crippen LogP contribution in [0.5, 0.6) is 0 Å². The van der Waals surface area contributed by atoms with Crippen molar-refractivity contribution < 1.29 is 9.53 Å². The molecule has 7 nitrogen and oxygen atoms in total. The molecule has 0 fully saturated rings. The average Bonchev–Trinajstić information content (AvgIpc) is 2.63. The number of hydrogen-bond donors (Lipinski definition) is 2. The Balaban J connectivity index is 2.16. The Morgan fingerprint density at radius 2 is 1.72 bits per heavy atom. The van der Waals surface area contributed by atoms with Crippen molar-refractivity contribution in [3.63, 3.8) is 0 Å². The number of carbonyl (C=O) groups is 1. The molecule has 1 amide bonds. The van der Waals surface area contributed by atoms with Gasteiger partial charge in [0.25, 0.3) is 0 Å². The molecule has 0 unspecified atom stereocenters. The van der Waals surface area contributed by atoms with Crippen molar-refractivity contribution >= 4 is 18.0 Å². The van der Waals surface area contributed by atoms with Gasteiger partial charge in [-0.15, -0.1) is 0 Å². The smallest absolute Gasteiger partial charge is 0.414 e. The van der Waals surface area contributed by atoms with E-state index in [0.29, 0.717) is 18.4 Å². The number of amides is 1. The summed E-state index contributed by atoms with van der Waals surface area (Å²) in [6.45, 7) is 5.28. The molecule has 1 aromatic carbocycles. The van der Waals surface area contributed by atoms with E-state index in [0.717, 1.165) is 37.8 Å². The summed E-state index contributed by atoms with van der Waals surface area (Å²) in [5, 5.41) is 5.75. The minimum atomic E-state index is -0.557. The van der Waals surface area contributed by atoms with Gasteiger partial charge in [-0.1, -0.05) is 57.0 Å². The number of nitrogens with zero attached hydrogens (tertiary/aromatic N) is 3. The van der Waals surface area contributed by atoms with Gasteiger partial charge in [0.05, 0.1) is 6.61 Å². The summed E-state index contributed by atoms with van der Waals surface area (Å²) in [5.41, 5.74) is 0.853. The molecular formula is C18H25N5O2. The zero-order valence-electron chi connectivity index (χ0n) is 14.8. The first-order chi connectivity index (χ1) is 12.2. The molecule has 0 spiro atoms. The summed E-state index contributed by atoms with van der Waals surface area (Å²) in [4.78, 5) is 24.9. The fraction of sp³-hybridized carbons (Fsp3) is 0.444. The van der Waals surface area contributed by atoms with Gasteiger partial charge in [0.15, 0.2) is 5.82 Å². The molecule has 25 heavy (non-hydrogen) atoms. The van der Waals surface area contributed by atoms with Crippen LogP contribution in [0.2, 0.25) is 0 Å². The lowest BCUT2D eigenvalue weighted by Crippen LogP contribution is -2.18. The lowest BCUT2D eigenvalue weighted by atomic mass is 10.2. The first-order valence-corrected chi connectivity index (χ1v) is 8.72. The van der Waals surface area contributed by atoms with Gasteiger partial charge in [-0.05, 0) is 12.8 Å². The van der Waals surface area contributed by atoms with Gasteiger partial charge in [0.1, 0.15) is 0 Å². The van der Waals surface area contributed by atoms with Crippen LogP contribution >= 0.6 is 0 Å². The lowest BCUT2D eigenvalue weighted by molar-refractivity contribution is 0.159. The van der Waals surface area contributed by atoms with Crippen LogP contribution in [0.25, 0.3) is 11.4 Å². The van der Waals surface area contributed by atoms with Gasteiger partial charge >= 0.3 is 6.09 Å². The highest BCUT2D eigenvalue weighted by molar-refractivity contribution is 5.82. The number of benzene rings is 1. The monoisotopic (exact) mass is 343 g/mol. The summed E-state index contributed by atoms with van der Waals surface area (Å²) in [5.74, 6) is 1.11. The second kappa shape index (κ2) is 10.2. The van der Waals surface area contributed by atoms with E-state index < -0.39 is 6.09 Å². The molecule has 0 saturated carbocycles. The van der Waals surface area contributed by atoms with E-state index in [-0.39, 0.29) is 5.95 Å². The molecule has 0 aliphatic rings. The largest absolute Gasteiger partial charge is 0.449 e. The molecule has 1 aromatic heterocycles. The molecule has 0 aliphatic carbocycles. The van der Waals surface area contributed by atoms with Gasteiger partial charge in [-0.2, -0.15) is 15.0 Å². The van der Waals surface area contributed by atoms with Crippen LogP contribution in [-0.2, 0) is 4.74 Å². The predicted octanol–water partition coefficient (Wildman–Crippen LogP) is 4.10. The maximum Gasteiger partial charge on any atom is 0.414 e. The normalized spacial score (nSPS) is 10.3. The minimum Gasteiger partial charge on any atom is -0.449 e. The standard InChI is InChI=1S/C18H25N5O2/c1-3-5-12-19-16-20-15(14-10-8-7-9-11-14)21-17(22-16)23-18(24)25-13-6-4-2/h7-11H,3-6,12-13H2,1-2H3,(H2,19,20,21,22,23,24). The number of ether oxygens (including phenoxy) is 1. The fourth-order valence-electron chi connectivity index (χ4n) is 2.04. The zero-order chi connectivity index (χ0) is 17.9. The van der Waals surface area contributed by atoms with Crippen LogP contribution in [0, 0.1) is 0 Å². The van der Waals surface area contributed by atoms with E-state index in [4.69, 9.17) is 4.74 Å². The quantitative estimate of drug-likeness (QED) is 0.666. The number of anilines is 2. The Labute approximate surface area is 148 Å². The second-order valence-corrected chi connectivity index (χ2v) is 5.57. The third kappa shape index (κ3) is 6.37. The first-order valence-electron chi connectivity index (χ1n) is 8.72. The maximum atomic E-state index is 11.9. The van der Waals surface area contributed by atoms with Crippen molar-refractivity contribution in [3.05, 3.63) is 30.3 Å². The van der Waals surface area contributed by atoms with E-state index in [2.05, 4.69) is 32.5 Å². The van der Waals surface area contributed by atoms with Crippen molar-refractivity contribution in [3.8, 4) is 11.4 Å². The summed E-state index contributed by atoms with van der Waals surface area (Å²) in [7, 11) is 0. The van der Waals surface area contributed by atoms with Crippen molar-refractivity contribution in [1.29, 1.82) is 0 Å². The fourth-order valence-corrected chi connectivity index (χ4v) is 2.04. The zero-order valence-corrected chi connectivity index (χ0v) is 14.8. The molecule has 0 radical (unpaired) electrons. The molecule has 0 atom stereocenters. The highest BCUT2D eigenvalue weighted by Crippen LogP contribution is 2.17. The predicted molar refractivity (Wildman–Crippen MR) is 98.5 cm³/mol. The molecule has 0 aliphatic heterocycles. The highest BCUT2D eigenvalue weighted by Gasteiger charge is 2.11. The molecule has 2 N–H and O–H groups in total. The molecule has 134 valence electrons. The van der Waals surface area contributed by atoms with Crippen LogP contribution in [0.3, 0.4) is 0 Å². The van der Waals surface area contributed by atoms with Gasteiger partial charge < -0.3 is 10.1 Å². The average molecular weight is 343 g/mol. The summed E-state index contributed by atoms with van der Waals surface area (Å²) < 4.78 is 5.10. The third-order valence-corrected chi connectivity index (χ3v) is 3.43. The topological polar surface area (TPSA) is 89.0 Å². The third-order valence-electron chi connectivity index (χ3n) is 3.43. The van der Waals surface area contributed by atoms with Crippen LogP contribution in [0.4, 0.5) is 16.7 Å². The van der Waals surface area contributed by atoms with Gasteiger partial charge in [0.2, 0.25) is 11.9 Å². The molecule has 1 heterocycles. The number of carbonyl (C=O) groups excluding carboxylic acids is 1. The Kier molecular flexibility index (Phi) is 7.62. The van der Waals surface area contributed by atoms with Crippen molar-refractivity contribution in [2.24, 2.45) is 0 Å². The minimum absolute atomic E-state index is 0.175. The van der Waals surface area contributed by atoms with Crippen molar-refractivity contribution in [2.75, 3.05) is 23.8 Å². The van der Waals surface area contributed by atoms with E-state index in [1.54, 1.807) is 0 Å². The van der Waals surface area contributed by atoms with Crippen LogP contribution < -0.4 is 10.6 Å². The van der Waals surface area contributed by atoms with Gasteiger partial charge in [0, 0.05) is 12.1 Å². The van der Waals surface area contributed by atoms with E-state index in [9.17, 15) is 4.79 Å². The number of aromatic nitrogens is 3. The summed E-state index contributed by atoms with van der Waals surface area (Å²) in [6, 6.07) is 9.57. The Morgan fingerprint density at radius 3 is 2.44 bits per heavy atom. The second-order valence-electron chi connectivity index (χ2n) is 5.57. The molecule has 7 heteroatoms. The van der Waals surface area contributed by atoms with E-state index in [1.807, 2.05) is 37.3 Å². The highest BCUT2D eigenvalue weighted by atomic mass is 16.5. The Bertz CT molecular complexity index is 664. The summed E-state index contributed by atoms with van der Waals surface area (Å²) >= 11 is 0. The van der Waals surface area contributed by atoms with Crippen molar-refractivity contribution in [2.45, 2.75) is 39.5 Å². The van der Waals surface area contributed by atoms with Crippen LogP contribution in [-0.4, -0.2) is 34.2 Å². The lowest BCUT2D eigenvalue weighted by Gasteiger charge is -2.10. The van der Waals surface area contributed by atoms with E-state index in [1.165, 1.54) is 0 Å². The first kappa shape index (κ1) is 18.6. The molecule has 2 rings (SSSR count). The van der Waals surface area contributed by atoms with Crippen LogP contribution in [0.15, 0.2) is 30.3 Å². The molecule has 2 aromatic rings. The Morgan fingerprint density at radius 1 is 1.00 bits per heavy atom. The molecule has 0 saturated heterocycles. The van der Waals surface area contributed by atoms with Crippen LogP contribution in [0.1, 0.15) is 39.5 Å². The number of hydrogen-bond acceptors (Lipinski definition) is 6. The number of nitrogens with one attached hydrogen (secondary N) is 2. The van der Waals surface area contributed by atoms with Gasteiger partial charge in [-0.25, -0.2) is 4.79 Å². The van der Waals surface area contributed by atoms with Crippen molar-refractivity contribution in [1.82, 2.24) is 15.0 Å².